The van der Waals surface area contributed by atoms with Crippen LogP contribution in [0.3, 0.4) is 0 Å². The Labute approximate surface area is 312 Å². The Morgan fingerprint density at radius 2 is 1.36 bits per heavy atom. The molecule has 0 spiro atoms. The Morgan fingerprint density at radius 1 is 0.774 bits per heavy atom. The second kappa shape index (κ2) is 16.2. The van der Waals surface area contributed by atoms with Gasteiger partial charge in [0, 0.05) is 11.8 Å². The van der Waals surface area contributed by atoms with Crippen molar-refractivity contribution in [2.75, 3.05) is 13.2 Å². The van der Waals surface area contributed by atoms with Crippen LogP contribution >= 0.6 is 0 Å². The maximum absolute atomic E-state index is 11.6. The first-order chi connectivity index (χ1) is 25.0. The molecule has 3 saturated carbocycles. The van der Waals surface area contributed by atoms with Crippen molar-refractivity contribution in [1.29, 1.82) is 0 Å². The van der Waals surface area contributed by atoms with Crippen molar-refractivity contribution in [2.24, 2.45) is 46.3 Å². The van der Waals surface area contributed by atoms with Crippen LogP contribution in [0.1, 0.15) is 86.0 Å². The molecule has 21 atom stereocenters. The summed E-state index contributed by atoms with van der Waals surface area (Å²) < 4.78 is 24.8. The second-order valence-electron chi connectivity index (χ2n) is 18.1. The van der Waals surface area contributed by atoms with Crippen LogP contribution in [-0.2, 0) is 18.9 Å². The van der Waals surface area contributed by atoms with Gasteiger partial charge in [-0.05, 0) is 85.9 Å². The van der Waals surface area contributed by atoms with E-state index < -0.39 is 104 Å². The fourth-order valence-corrected chi connectivity index (χ4v) is 11.7. The summed E-state index contributed by atoms with van der Waals surface area (Å²) in [5.41, 5.74) is 0.176. The number of aliphatic hydroxyl groups excluding tert-OH is 10. The highest BCUT2D eigenvalue weighted by molar-refractivity contribution is 5.28. The zero-order valence-electron chi connectivity index (χ0n) is 31.8. The zero-order chi connectivity index (χ0) is 38.7. The molecule has 10 N–H and O–H groups in total. The highest BCUT2D eigenvalue weighted by Crippen LogP contribution is 2.68. The molecular formula is C39H66O14. The van der Waals surface area contributed by atoms with Crippen LogP contribution < -0.4 is 0 Å². The molecule has 53 heavy (non-hydrogen) atoms. The standard InChI is InChI=1S/C39H66O14/c1-17(2)6-9-24(43)18(3)29-25(50-36-34(48)32(46)30(44)26(15-40)51-36)14-23-21-8-7-19-12-20(42)13-28(39(19,5)22(21)10-11-38(23,29)4)53-37-35(49)33(47)31(45)27(16-41)52-37/h7,17-18,20-37,40-49H,6,8-16H2,1-5H3/t18-,20-,21-,22+,23+,24+,25+,26+,27+,28-,29+,30+,31-,32-,33+,34+,35+,36+,37+,38+,39-/m1/s1. The molecule has 0 radical (unpaired) electrons. The van der Waals surface area contributed by atoms with E-state index in [1.807, 2.05) is 0 Å². The third-order valence-electron chi connectivity index (χ3n) is 14.7. The van der Waals surface area contributed by atoms with Gasteiger partial charge in [0.1, 0.15) is 48.8 Å². The lowest BCUT2D eigenvalue weighted by Crippen LogP contribution is -2.62. The van der Waals surface area contributed by atoms with E-state index in [1.165, 1.54) is 0 Å². The minimum absolute atomic E-state index is 0.0794. The molecule has 0 amide bonds. The normalized spacial score (nSPS) is 51.2. The predicted octanol–water partition coefficient (Wildman–Crippen LogP) is -0.0505. The van der Waals surface area contributed by atoms with Crippen LogP contribution in [0.5, 0.6) is 0 Å². The molecule has 0 aromatic heterocycles. The highest BCUT2D eigenvalue weighted by atomic mass is 16.7. The number of fused-ring (bicyclic) bond motifs is 5. The predicted molar refractivity (Wildman–Crippen MR) is 188 cm³/mol. The van der Waals surface area contributed by atoms with Gasteiger partial charge in [-0.1, -0.05) is 46.3 Å². The number of hydrogen-bond acceptors (Lipinski definition) is 14. The second-order valence-corrected chi connectivity index (χ2v) is 18.1. The summed E-state index contributed by atoms with van der Waals surface area (Å²) in [5, 5.41) is 106. The lowest BCUT2D eigenvalue weighted by Gasteiger charge is -2.60. The molecule has 5 fully saturated rings. The van der Waals surface area contributed by atoms with E-state index in [0.29, 0.717) is 25.2 Å². The van der Waals surface area contributed by atoms with Crippen LogP contribution in [0, 0.1) is 46.3 Å². The first kappa shape index (κ1) is 41.8. The van der Waals surface area contributed by atoms with Gasteiger partial charge >= 0.3 is 0 Å². The van der Waals surface area contributed by atoms with E-state index in [0.717, 1.165) is 31.3 Å². The molecule has 6 aliphatic rings. The Bertz CT molecular complexity index is 1260. The minimum atomic E-state index is -1.59. The van der Waals surface area contributed by atoms with Crippen LogP contribution in [0.2, 0.25) is 0 Å². The molecule has 0 bridgehead atoms. The van der Waals surface area contributed by atoms with E-state index in [9.17, 15) is 51.1 Å². The van der Waals surface area contributed by atoms with Gasteiger partial charge in [-0.15, -0.1) is 0 Å². The van der Waals surface area contributed by atoms with Crippen molar-refractivity contribution in [3.63, 3.8) is 0 Å². The lowest BCUT2D eigenvalue weighted by atomic mass is 9.46. The van der Waals surface area contributed by atoms with Crippen molar-refractivity contribution in [3.8, 4) is 0 Å². The fraction of sp³-hybridized carbons (Fsp3) is 0.949. The first-order valence-corrected chi connectivity index (χ1v) is 19.9. The average molecular weight is 759 g/mol. The third kappa shape index (κ3) is 7.42. The summed E-state index contributed by atoms with van der Waals surface area (Å²) in [7, 11) is 0. The number of aliphatic hydroxyl groups is 10. The number of ether oxygens (including phenoxy) is 4. The molecule has 2 heterocycles. The lowest BCUT2D eigenvalue weighted by molar-refractivity contribution is -0.324. The summed E-state index contributed by atoms with van der Waals surface area (Å²) in [6, 6.07) is 0. The molecule has 14 heteroatoms. The Hall–Kier alpha value is -0.820. The van der Waals surface area contributed by atoms with Crippen molar-refractivity contribution in [1.82, 2.24) is 0 Å². The summed E-state index contributed by atoms with van der Waals surface area (Å²) >= 11 is 0. The van der Waals surface area contributed by atoms with Crippen LogP contribution in [-0.4, -0.2) is 150 Å². The molecule has 6 rings (SSSR count). The zero-order valence-corrected chi connectivity index (χ0v) is 31.8. The SMILES string of the molecule is CC(C)CC[C@H](O)[C@@H](C)[C@H]1[C@@H](O[C@H]2O[C@@H](CO)[C@H](O)[C@@H](O)[C@@H]2O)C[C@H]2[C@@H]3CC=C4C[C@@H](O)C[C@@H](O[C@@H]5O[C@@H](CO)[C@@H](O)[C@H](O)[C@@H]5O)[C@@]4(C)[C@H]3CC[C@]12C. The molecule has 0 unspecified atom stereocenters. The van der Waals surface area contributed by atoms with Gasteiger partial charge in [0.25, 0.3) is 0 Å². The van der Waals surface area contributed by atoms with Gasteiger partial charge in [0.15, 0.2) is 12.6 Å². The summed E-state index contributed by atoms with van der Waals surface area (Å²) in [6.45, 7) is 9.58. The number of rotatable bonds is 11. The largest absolute Gasteiger partial charge is 0.394 e. The molecule has 306 valence electrons. The van der Waals surface area contributed by atoms with Gasteiger partial charge in [-0.3, -0.25) is 0 Å². The van der Waals surface area contributed by atoms with Crippen molar-refractivity contribution < 1.29 is 70.0 Å². The Morgan fingerprint density at radius 3 is 1.92 bits per heavy atom. The van der Waals surface area contributed by atoms with E-state index in [1.54, 1.807) is 0 Å². The van der Waals surface area contributed by atoms with Crippen LogP contribution in [0.25, 0.3) is 0 Å². The van der Waals surface area contributed by atoms with Crippen molar-refractivity contribution in [3.05, 3.63) is 11.6 Å². The number of hydrogen-bond donors (Lipinski definition) is 10. The molecular weight excluding hydrogens is 692 g/mol. The van der Waals surface area contributed by atoms with Crippen LogP contribution in [0.4, 0.5) is 0 Å². The van der Waals surface area contributed by atoms with Crippen molar-refractivity contribution in [2.45, 2.75) is 172 Å². The van der Waals surface area contributed by atoms with E-state index >= 15 is 0 Å². The molecule has 0 aromatic carbocycles. The molecule has 2 aliphatic heterocycles. The fourth-order valence-electron chi connectivity index (χ4n) is 11.7. The summed E-state index contributed by atoms with van der Waals surface area (Å²) in [5.74, 6) is 0.371. The molecule has 0 aromatic rings. The van der Waals surface area contributed by atoms with E-state index in [2.05, 4.69) is 40.7 Å². The Balaban J connectivity index is 1.31. The molecule has 4 aliphatic carbocycles. The monoisotopic (exact) mass is 758 g/mol. The smallest absolute Gasteiger partial charge is 0.187 e. The van der Waals surface area contributed by atoms with Gasteiger partial charge in [-0.2, -0.15) is 0 Å². The summed E-state index contributed by atoms with van der Waals surface area (Å²) in [6.07, 6.45) is -9.27. The van der Waals surface area contributed by atoms with Gasteiger partial charge in [0.2, 0.25) is 0 Å². The van der Waals surface area contributed by atoms with Crippen molar-refractivity contribution >= 4 is 0 Å². The highest BCUT2D eigenvalue weighted by Gasteiger charge is 2.65. The first-order valence-electron chi connectivity index (χ1n) is 19.9. The van der Waals surface area contributed by atoms with Gasteiger partial charge < -0.3 is 70.0 Å². The summed E-state index contributed by atoms with van der Waals surface area (Å²) in [4.78, 5) is 0. The van der Waals surface area contributed by atoms with E-state index in [-0.39, 0.29) is 41.4 Å². The quantitative estimate of drug-likeness (QED) is 0.124. The van der Waals surface area contributed by atoms with Gasteiger partial charge in [-0.25, -0.2) is 0 Å². The van der Waals surface area contributed by atoms with Gasteiger partial charge in [0.05, 0.1) is 37.6 Å². The molecule has 2 saturated heterocycles. The topological polar surface area (TPSA) is 239 Å². The molecule has 14 nitrogen and oxygen atoms in total. The maximum Gasteiger partial charge on any atom is 0.187 e. The number of allylic oxidation sites excluding steroid dienone is 1. The minimum Gasteiger partial charge on any atom is -0.394 e. The van der Waals surface area contributed by atoms with E-state index in [4.69, 9.17) is 18.9 Å². The maximum atomic E-state index is 11.6. The third-order valence-corrected chi connectivity index (χ3v) is 14.7. The average Bonchev–Trinajstić information content (AvgIpc) is 3.42. The Kier molecular flexibility index (Phi) is 12.8. The van der Waals surface area contributed by atoms with Crippen LogP contribution in [0.15, 0.2) is 11.6 Å².